The van der Waals surface area contributed by atoms with E-state index in [1.54, 1.807) is 23.0 Å². The molecule has 1 aromatic carbocycles. The van der Waals surface area contributed by atoms with Crippen molar-refractivity contribution in [1.82, 2.24) is 14.6 Å². The van der Waals surface area contributed by atoms with Crippen LogP contribution in [0.15, 0.2) is 42.7 Å². The Kier molecular flexibility index (Phi) is 4.05. The number of carbonyl (C=O) groups is 1. The first-order valence-corrected chi connectivity index (χ1v) is 8.46. The van der Waals surface area contributed by atoms with E-state index in [9.17, 15) is 4.79 Å². The molecule has 1 atom stereocenters. The molecule has 0 N–H and O–H groups in total. The van der Waals surface area contributed by atoms with E-state index in [0.717, 1.165) is 36.4 Å². The summed E-state index contributed by atoms with van der Waals surface area (Å²) in [6.07, 6.45) is 4.51. The fourth-order valence-corrected chi connectivity index (χ4v) is 3.58. The Bertz CT molecular complexity index is 940. The van der Waals surface area contributed by atoms with E-state index < -0.39 is 0 Å². The van der Waals surface area contributed by atoms with Crippen LogP contribution in [0, 0.1) is 0 Å². The van der Waals surface area contributed by atoms with Crippen molar-refractivity contribution in [2.75, 3.05) is 25.1 Å². The van der Waals surface area contributed by atoms with Crippen LogP contribution in [0.4, 0.5) is 5.69 Å². The average molecular weight is 357 g/mol. The van der Waals surface area contributed by atoms with Gasteiger partial charge in [0, 0.05) is 37.5 Å². The topological polar surface area (TPSA) is 59.7 Å². The minimum Gasteiger partial charge on any atom is -0.465 e. The van der Waals surface area contributed by atoms with E-state index >= 15 is 0 Å². The number of anilines is 1. The van der Waals surface area contributed by atoms with Gasteiger partial charge in [0.05, 0.1) is 18.4 Å². The largest absolute Gasteiger partial charge is 0.465 e. The van der Waals surface area contributed by atoms with Gasteiger partial charge in [0.1, 0.15) is 0 Å². The second-order valence-electron chi connectivity index (χ2n) is 6.10. The molecule has 128 valence electrons. The van der Waals surface area contributed by atoms with Crippen LogP contribution in [-0.4, -0.2) is 40.8 Å². The molecule has 0 spiro atoms. The summed E-state index contributed by atoms with van der Waals surface area (Å²) in [6, 6.07) is 9.52. The lowest BCUT2D eigenvalue weighted by molar-refractivity contribution is 0.0600. The number of esters is 1. The summed E-state index contributed by atoms with van der Waals surface area (Å²) in [5, 5.41) is 4.67. The molecule has 0 radical (unpaired) electrons. The van der Waals surface area contributed by atoms with Gasteiger partial charge >= 0.3 is 5.97 Å². The van der Waals surface area contributed by atoms with E-state index in [4.69, 9.17) is 16.3 Å². The van der Waals surface area contributed by atoms with Crippen molar-refractivity contribution in [1.29, 1.82) is 0 Å². The second-order valence-corrected chi connectivity index (χ2v) is 6.48. The second kappa shape index (κ2) is 6.37. The number of methoxy groups -OCH3 is 1. The molecule has 1 fully saturated rings. The molecule has 1 saturated heterocycles. The number of imidazole rings is 1. The summed E-state index contributed by atoms with van der Waals surface area (Å²) >= 11 is 6.15. The van der Waals surface area contributed by atoms with Gasteiger partial charge in [-0.15, -0.1) is 0 Å². The smallest absolute Gasteiger partial charge is 0.337 e. The minimum absolute atomic E-state index is 0.309. The zero-order chi connectivity index (χ0) is 17.4. The molecule has 0 bridgehead atoms. The van der Waals surface area contributed by atoms with Gasteiger partial charge in [0.2, 0.25) is 0 Å². The maximum absolute atomic E-state index is 11.8. The molecule has 0 saturated carbocycles. The Morgan fingerprint density at radius 2 is 2.24 bits per heavy atom. The van der Waals surface area contributed by atoms with Crippen molar-refractivity contribution in [3.05, 3.63) is 59.0 Å². The number of halogens is 1. The highest BCUT2D eigenvalue weighted by Crippen LogP contribution is 2.33. The van der Waals surface area contributed by atoms with Crippen LogP contribution in [0.5, 0.6) is 0 Å². The number of fused-ring (bicyclic) bond motifs is 1. The molecule has 0 aliphatic carbocycles. The van der Waals surface area contributed by atoms with Gasteiger partial charge in [-0.1, -0.05) is 23.7 Å². The van der Waals surface area contributed by atoms with Crippen molar-refractivity contribution < 1.29 is 9.53 Å². The number of rotatable bonds is 3. The highest BCUT2D eigenvalue weighted by Gasteiger charge is 2.26. The van der Waals surface area contributed by atoms with Gasteiger partial charge < -0.3 is 9.64 Å². The number of benzene rings is 1. The van der Waals surface area contributed by atoms with Crippen LogP contribution in [0.1, 0.15) is 28.3 Å². The normalized spacial score (nSPS) is 17.2. The fraction of sp³-hybridized carbons (Fsp3) is 0.278. The van der Waals surface area contributed by atoms with Crippen LogP contribution in [0.2, 0.25) is 5.15 Å². The van der Waals surface area contributed by atoms with Crippen LogP contribution in [0.25, 0.3) is 5.65 Å². The lowest BCUT2D eigenvalue weighted by Gasteiger charge is -2.19. The standard InChI is InChI=1S/C18H17ClN4O2/c1-25-18(24)13-4-2-3-12(9-13)14-5-7-22(11-14)15-10-16(19)21-23-8-6-20-17(15)23/h2-4,6,8-10,14H,5,7,11H2,1H3. The number of hydrogen-bond donors (Lipinski definition) is 0. The minimum atomic E-state index is -0.309. The van der Waals surface area contributed by atoms with Crippen molar-refractivity contribution in [2.45, 2.75) is 12.3 Å². The van der Waals surface area contributed by atoms with Crippen molar-refractivity contribution >= 4 is 28.9 Å². The van der Waals surface area contributed by atoms with Gasteiger partial charge in [-0.05, 0) is 24.1 Å². The zero-order valence-corrected chi connectivity index (χ0v) is 14.5. The van der Waals surface area contributed by atoms with Crippen molar-refractivity contribution in [2.24, 2.45) is 0 Å². The van der Waals surface area contributed by atoms with E-state index in [-0.39, 0.29) is 5.97 Å². The first kappa shape index (κ1) is 15.9. The average Bonchev–Trinajstić information content (AvgIpc) is 3.29. The summed E-state index contributed by atoms with van der Waals surface area (Å²) in [5.41, 5.74) is 3.51. The molecular formula is C18H17ClN4O2. The van der Waals surface area contributed by atoms with Gasteiger partial charge in [-0.25, -0.2) is 14.3 Å². The lowest BCUT2D eigenvalue weighted by Crippen LogP contribution is -2.20. The molecule has 4 rings (SSSR count). The molecule has 3 heterocycles. The maximum atomic E-state index is 11.8. The lowest BCUT2D eigenvalue weighted by atomic mass is 9.96. The first-order valence-electron chi connectivity index (χ1n) is 8.09. The molecule has 0 amide bonds. The predicted molar refractivity (Wildman–Crippen MR) is 95.3 cm³/mol. The van der Waals surface area contributed by atoms with Crippen LogP contribution < -0.4 is 4.90 Å². The van der Waals surface area contributed by atoms with Crippen LogP contribution >= 0.6 is 11.6 Å². The Hall–Kier alpha value is -2.60. The van der Waals surface area contributed by atoms with E-state index in [0.29, 0.717) is 16.6 Å². The van der Waals surface area contributed by atoms with Gasteiger partial charge in [0.15, 0.2) is 10.8 Å². The summed E-state index contributed by atoms with van der Waals surface area (Å²) in [7, 11) is 1.40. The highest BCUT2D eigenvalue weighted by atomic mass is 35.5. The SMILES string of the molecule is COC(=O)c1cccc(C2CCN(c3cc(Cl)nn4ccnc34)C2)c1. The predicted octanol–water partition coefficient (Wildman–Crippen LogP) is 3.16. The van der Waals surface area contributed by atoms with Gasteiger partial charge in [0.25, 0.3) is 0 Å². The number of aromatic nitrogens is 3. The third kappa shape index (κ3) is 2.93. The fourth-order valence-electron chi connectivity index (χ4n) is 3.39. The van der Waals surface area contributed by atoms with E-state index in [1.807, 2.05) is 18.2 Å². The number of carbonyl (C=O) groups excluding carboxylic acids is 1. The van der Waals surface area contributed by atoms with Gasteiger partial charge in [-0.2, -0.15) is 5.10 Å². The summed E-state index contributed by atoms with van der Waals surface area (Å²) < 4.78 is 6.51. The van der Waals surface area contributed by atoms with Gasteiger partial charge in [-0.3, -0.25) is 0 Å². The molecule has 3 aromatic rings. The first-order chi connectivity index (χ1) is 12.2. The van der Waals surface area contributed by atoms with Crippen LogP contribution in [-0.2, 0) is 4.74 Å². The summed E-state index contributed by atoms with van der Waals surface area (Å²) in [4.78, 5) is 18.4. The van der Waals surface area contributed by atoms with E-state index in [2.05, 4.69) is 21.0 Å². The maximum Gasteiger partial charge on any atom is 0.337 e. The van der Waals surface area contributed by atoms with Crippen LogP contribution in [0.3, 0.4) is 0 Å². The molecule has 6 nitrogen and oxygen atoms in total. The monoisotopic (exact) mass is 356 g/mol. The zero-order valence-electron chi connectivity index (χ0n) is 13.7. The Labute approximate surface area is 150 Å². The highest BCUT2D eigenvalue weighted by molar-refractivity contribution is 6.29. The molecular weight excluding hydrogens is 340 g/mol. The number of ether oxygens (including phenoxy) is 1. The quantitative estimate of drug-likeness (QED) is 0.675. The van der Waals surface area contributed by atoms with E-state index in [1.165, 1.54) is 7.11 Å². The number of hydrogen-bond acceptors (Lipinski definition) is 5. The molecule has 1 unspecified atom stereocenters. The Morgan fingerprint density at radius 1 is 1.36 bits per heavy atom. The summed E-state index contributed by atoms with van der Waals surface area (Å²) in [6.45, 7) is 1.74. The summed E-state index contributed by atoms with van der Waals surface area (Å²) in [5.74, 6) is 0.0308. The molecule has 25 heavy (non-hydrogen) atoms. The Balaban J connectivity index is 1.61. The third-order valence-corrected chi connectivity index (χ3v) is 4.80. The molecule has 1 aliphatic heterocycles. The third-order valence-electron chi connectivity index (χ3n) is 4.62. The molecule has 7 heteroatoms. The number of nitrogens with zero attached hydrogens (tertiary/aromatic N) is 4. The molecule has 1 aliphatic rings. The van der Waals surface area contributed by atoms with Crippen molar-refractivity contribution in [3.8, 4) is 0 Å². The Morgan fingerprint density at radius 3 is 3.08 bits per heavy atom. The molecule has 2 aromatic heterocycles. The van der Waals surface area contributed by atoms with Crippen molar-refractivity contribution in [3.63, 3.8) is 0 Å².